The molecular weight excluding hydrogens is 262 g/mol. The lowest BCUT2D eigenvalue weighted by atomic mass is 9.91. The molecule has 0 bridgehead atoms. The molecule has 0 radical (unpaired) electrons. The Morgan fingerprint density at radius 2 is 2.05 bits per heavy atom. The SMILES string of the molecule is CC(C)CC(CN)CC(=O)Cc1nn(C)c2ccccc12. The summed E-state index contributed by atoms with van der Waals surface area (Å²) < 4.78 is 1.84. The van der Waals surface area contributed by atoms with Gasteiger partial charge < -0.3 is 5.73 Å². The Morgan fingerprint density at radius 3 is 2.71 bits per heavy atom. The number of nitrogens with two attached hydrogens (primary N) is 1. The Morgan fingerprint density at radius 1 is 1.33 bits per heavy atom. The van der Waals surface area contributed by atoms with E-state index < -0.39 is 0 Å². The van der Waals surface area contributed by atoms with Gasteiger partial charge in [-0.05, 0) is 30.9 Å². The Balaban J connectivity index is 2.08. The van der Waals surface area contributed by atoms with Crippen molar-refractivity contribution in [3.63, 3.8) is 0 Å². The summed E-state index contributed by atoms with van der Waals surface area (Å²) in [6.45, 7) is 4.91. The second-order valence-electron chi connectivity index (χ2n) is 6.24. The van der Waals surface area contributed by atoms with E-state index >= 15 is 0 Å². The van der Waals surface area contributed by atoms with Crippen molar-refractivity contribution in [2.75, 3.05) is 6.54 Å². The molecule has 1 aromatic heterocycles. The van der Waals surface area contributed by atoms with Crippen molar-refractivity contribution in [2.45, 2.75) is 33.1 Å². The molecule has 0 spiro atoms. The molecular formula is C17H25N3O. The molecule has 4 heteroatoms. The predicted molar refractivity (Wildman–Crippen MR) is 86.0 cm³/mol. The van der Waals surface area contributed by atoms with Gasteiger partial charge in [0.1, 0.15) is 5.78 Å². The smallest absolute Gasteiger partial charge is 0.139 e. The largest absolute Gasteiger partial charge is 0.330 e. The highest BCUT2D eigenvalue weighted by Gasteiger charge is 2.17. The highest BCUT2D eigenvalue weighted by Crippen LogP contribution is 2.20. The van der Waals surface area contributed by atoms with Gasteiger partial charge in [0.15, 0.2) is 0 Å². The topological polar surface area (TPSA) is 60.9 Å². The van der Waals surface area contributed by atoms with E-state index in [9.17, 15) is 4.79 Å². The number of ketones is 1. The molecule has 114 valence electrons. The van der Waals surface area contributed by atoms with Gasteiger partial charge in [-0.25, -0.2) is 0 Å². The number of nitrogens with zero attached hydrogens (tertiary/aromatic N) is 2. The zero-order chi connectivity index (χ0) is 15.4. The molecule has 2 rings (SSSR count). The number of hydrogen-bond acceptors (Lipinski definition) is 3. The summed E-state index contributed by atoms with van der Waals surface area (Å²) in [6.07, 6.45) is 1.96. The molecule has 0 aliphatic carbocycles. The second kappa shape index (κ2) is 6.85. The molecule has 2 N–H and O–H groups in total. The maximum absolute atomic E-state index is 12.3. The van der Waals surface area contributed by atoms with Gasteiger partial charge in [0.2, 0.25) is 0 Å². The summed E-state index contributed by atoms with van der Waals surface area (Å²) in [5, 5.41) is 5.56. The van der Waals surface area contributed by atoms with Crippen LogP contribution < -0.4 is 5.73 Å². The van der Waals surface area contributed by atoms with Crippen LogP contribution in [0.1, 0.15) is 32.4 Å². The van der Waals surface area contributed by atoms with E-state index in [4.69, 9.17) is 5.73 Å². The van der Waals surface area contributed by atoms with Crippen LogP contribution >= 0.6 is 0 Å². The first-order chi connectivity index (χ1) is 10.0. The van der Waals surface area contributed by atoms with Gasteiger partial charge in [0.05, 0.1) is 17.6 Å². The quantitative estimate of drug-likeness (QED) is 0.851. The van der Waals surface area contributed by atoms with E-state index in [1.54, 1.807) is 0 Å². The summed E-state index contributed by atoms with van der Waals surface area (Å²) in [6, 6.07) is 8.03. The number of Topliss-reactive ketones (excluding diaryl/α,β-unsaturated/α-hetero) is 1. The number of carbonyl (C=O) groups is 1. The average molecular weight is 287 g/mol. The molecule has 0 fully saturated rings. The molecule has 1 unspecified atom stereocenters. The summed E-state index contributed by atoms with van der Waals surface area (Å²) >= 11 is 0. The van der Waals surface area contributed by atoms with Crippen molar-refractivity contribution >= 4 is 16.7 Å². The zero-order valence-electron chi connectivity index (χ0n) is 13.2. The second-order valence-corrected chi connectivity index (χ2v) is 6.24. The zero-order valence-corrected chi connectivity index (χ0v) is 13.2. The third-order valence-corrected chi connectivity index (χ3v) is 3.85. The minimum Gasteiger partial charge on any atom is -0.330 e. The number of aryl methyl sites for hydroxylation is 1. The van der Waals surface area contributed by atoms with Crippen LogP contribution in [0.2, 0.25) is 0 Å². The Hall–Kier alpha value is -1.68. The highest BCUT2D eigenvalue weighted by molar-refractivity contribution is 5.88. The number of fused-ring (bicyclic) bond motifs is 1. The molecule has 2 aromatic rings. The van der Waals surface area contributed by atoms with Crippen molar-refractivity contribution in [3.8, 4) is 0 Å². The highest BCUT2D eigenvalue weighted by atomic mass is 16.1. The lowest BCUT2D eigenvalue weighted by Gasteiger charge is -2.15. The maximum Gasteiger partial charge on any atom is 0.139 e. The lowest BCUT2D eigenvalue weighted by molar-refractivity contribution is -0.119. The fraction of sp³-hybridized carbons (Fsp3) is 0.529. The minimum absolute atomic E-state index is 0.231. The first-order valence-electron chi connectivity index (χ1n) is 7.63. The number of carbonyl (C=O) groups excluding carboxylic acids is 1. The van der Waals surface area contributed by atoms with Gasteiger partial charge in [-0.15, -0.1) is 0 Å². The van der Waals surface area contributed by atoms with Gasteiger partial charge in [0.25, 0.3) is 0 Å². The van der Waals surface area contributed by atoms with Gasteiger partial charge in [-0.1, -0.05) is 32.0 Å². The fourth-order valence-corrected chi connectivity index (χ4v) is 2.93. The van der Waals surface area contributed by atoms with Crippen LogP contribution in [0.4, 0.5) is 0 Å². The number of rotatable bonds is 7. The molecule has 0 aliphatic rings. The molecule has 0 saturated heterocycles. The molecule has 0 amide bonds. The van der Waals surface area contributed by atoms with Crippen molar-refractivity contribution in [1.29, 1.82) is 0 Å². The third-order valence-electron chi connectivity index (χ3n) is 3.85. The van der Waals surface area contributed by atoms with Crippen LogP contribution in [-0.2, 0) is 18.3 Å². The molecule has 1 heterocycles. The molecule has 0 aliphatic heterocycles. The van der Waals surface area contributed by atoms with Crippen molar-refractivity contribution in [1.82, 2.24) is 9.78 Å². The van der Waals surface area contributed by atoms with Crippen molar-refractivity contribution in [2.24, 2.45) is 24.6 Å². The van der Waals surface area contributed by atoms with E-state index in [0.717, 1.165) is 23.0 Å². The summed E-state index contributed by atoms with van der Waals surface area (Å²) in [4.78, 5) is 12.3. The van der Waals surface area contributed by atoms with Crippen molar-refractivity contribution < 1.29 is 4.79 Å². The average Bonchev–Trinajstić information content (AvgIpc) is 2.74. The van der Waals surface area contributed by atoms with Gasteiger partial charge >= 0.3 is 0 Å². The van der Waals surface area contributed by atoms with Gasteiger partial charge in [-0.2, -0.15) is 5.10 Å². The molecule has 0 saturated carbocycles. The Bertz CT molecular complexity index is 616. The third kappa shape index (κ3) is 3.91. The first-order valence-corrected chi connectivity index (χ1v) is 7.63. The number of benzene rings is 1. The predicted octanol–water partition coefficient (Wildman–Crippen LogP) is 2.70. The fourth-order valence-electron chi connectivity index (χ4n) is 2.93. The normalized spacial score (nSPS) is 13.0. The van der Waals surface area contributed by atoms with E-state index in [1.165, 1.54) is 0 Å². The number of para-hydroxylation sites is 1. The van der Waals surface area contributed by atoms with Crippen LogP contribution in [0.15, 0.2) is 24.3 Å². The Labute approximate surface area is 126 Å². The van der Waals surface area contributed by atoms with Crippen LogP contribution in [0, 0.1) is 11.8 Å². The molecule has 1 atom stereocenters. The van der Waals surface area contributed by atoms with Crippen LogP contribution in [-0.4, -0.2) is 22.1 Å². The standard InChI is InChI=1S/C17H25N3O/c1-12(2)8-13(11-18)9-14(21)10-16-15-6-4-5-7-17(15)20(3)19-16/h4-7,12-13H,8-11,18H2,1-3H3. The molecule has 1 aromatic carbocycles. The van der Waals surface area contributed by atoms with Crippen LogP contribution in [0.3, 0.4) is 0 Å². The monoisotopic (exact) mass is 287 g/mol. The summed E-state index contributed by atoms with van der Waals surface area (Å²) in [5.74, 6) is 1.09. The van der Waals surface area contributed by atoms with E-state index in [2.05, 4.69) is 18.9 Å². The van der Waals surface area contributed by atoms with Gasteiger partial charge in [-0.3, -0.25) is 9.48 Å². The number of hydrogen-bond donors (Lipinski definition) is 1. The minimum atomic E-state index is 0.231. The van der Waals surface area contributed by atoms with Crippen LogP contribution in [0.5, 0.6) is 0 Å². The summed E-state index contributed by atoms with van der Waals surface area (Å²) in [5.41, 5.74) is 7.73. The van der Waals surface area contributed by atoms with Gasteiger partial charge in [0, 0.05) is 18.9 Å². The Kier molecular flexibility index (Phi) is 5.12. The van der Waals surface area contributed by atoms with E-state index in [1.807, 2.05) is 36.0 Å². The first kappa shape index (κ1) is 15.7. The van der Waals surface area contributed by atoms with E-state index in [-0.39, 0.29) is 11.7 Å². The lowest BCUT2D eigenvalue weighted by Crippen LogP contribution is -2.21. The molecule has 21 heavy (non-hydrogen) atoms. The number of aromatic nitrogens is 2. The van der Waals surface area contributed by atoms with Crippen LogP contribution in [0.25, 0.3) is 10.9 Å². The maximum atomic E-state index is 12.3. The molecule has 4 nitrogen and oxygen atoms in total. The summed E-state index contributed by atoms with van der Waals surface area (Å²) in [7, 11) is 1.91. The van der Waals surface area contributed by atoms with E-state index in [0.29, 0.717) is 25.3 Å². The van der Waals surface area contributed by atoms with Crippen molar-refractivity contribution in [3.05, 3.63) is 30.0 Å².